The van der Waals surface area contributed by atoms with Gasteiger partial charge in [0.1, 0.15) is 6.61 Å². The summed E-state index contributed by atoms with van der Waals surface area (Å²) in [6, 6.07) is 16.2. The lowest BCUT2D eigenvalue weighted by Gasteiger charge is -2.28. The Kier molecular flexibility index (Phi) is 14.0. The fourth-order valence-corrected chi connectivity index (χ4v) is 7.85. The molecule has 0 amide bonds. The molecule has 0 saturated heterocycles. The molecule has 0 N–H and O–H groups in total. The molecule has 0 heterocycles. The summed E-state index contributed by atoms with van der Waals surface area (Å²) in [7, 11) is 0.518. The van der Waals surface area contributed by atoms with Crippen molar-refractivity contribution in [1.82, 2.24) is 0 Å². The highest BCUT2D eigenvalue weighted by molar-refractivity contribution is 7.99. The van der Waals surface area contributed by atoms with Crippen molar-refractivity contribution in [2.24, 2.45) is 0 Å². The van der Waals surface area contributed by atoms with Crippen LogP contribution in [0, 0.1) is 0 Å². The van der Waals surface area contributed by atoms with Crippen molar-refractivity contribution in [2.75, 3.05) is 39.8 Å². The summed E-state index contributed by atoms with van der Waals surface area (Å²) in [6.07, 6.45) is 1.09. The van der Waals surface area contributed by atoms with Crippen LogP contribution in [0.25, 0.3) is 0 Å². The van der Waals surface area contributed by atoms with Crippen LogP contribution in [0.3, 0.4) is 0 Å². The third-order valence-corrected chi connectivity index (χ3v) is 9.93. The van der Waals surface area contributed by atoms with E-state index in [4.69, 9.17) is 27.5 Å². The van der Waals surface area contributed by atoms with Gasteiger partial charge in [0.25, 0.3) is 0 Å². The van der Waals surface area contributed by atoms with Crippen LogP contribution in [-0.4, -0.2) is 54.6 Å². The van der Waals surface area contributed by atoms with Gasteiger partial charge < -0.3 is 27.5 Å². The van der Waals surface area contributed by atoms with E-state index in [1.165, 1.54) is 0 Å². The van der Waals surface area contributed by atoms with Crippen molar-refractivity contribution in [3.8, 4) is 11.5 Å². The Balaban J connectivity index is 2.08. The van der Waals surface area contributed by atoms with Gasteiger partial charge in [0.2, 0.25) is 0 Å². The van der Waals surface area contributed by atoms with Crippen LogP contribution in [0.5, 0.6) is 11.5 Å². The van der Waals surface area contributed by atoms with E-state index in [0.717, 1.165) is 29.3 Å². The predicted octanol–water partition coefficient (Wildman–Crippen LogP) is 6.05. The second kappa shape index (κ2) is 16.7. The summed E-state index contributed by atoms with van der Waals surface area (Å²) in [4.78, 5) is 12.8. The molecule has 0 spiro atoms. The van der Waals surface area contributed by atoms with E-state index in [-0.39, 0.29) is 24.2 Å². The standard InChI is InChI=1S/C27H40O7SSi/c1-6-32-36(33-7-2,34-8-3)18-12-17-35-26(23-15-16-24(29-4)25(19-23)30-5)20-27(28)31-21-22-13-10-9-11-14-22/h9-11,13-16,19,26H,6-8,12,17-18,20-21H2,1-5H3. The molecule has 1 unspecified atom stereocenters. The molecule has 2 aromatic rings. The number of hydrogen-bond acceptors (Lipinski definition) is 8. The van der Waals surface area contributed by atoms with Gasteiger partial charge in [-0.2, -0.15) is 11.8 Å². The molecule has 1 atom stereocenters. The Morgan fingerprint density at radius 2 is 1.53 bits per heavy atom. The monoisotopic (exact) mass is 536 g/mol. The highest BCUT2D eigenvalue weighted by atomic mass is 32.2. The molecule has 0 saturated carbocycles. The molecule has 0 bridgehead atoms. The van der Waals surface area contributed by atoms with Crippen LogP contribution >= 0.6 is 11.8 Å². The van der Waals surface area contributed by atoms with E-state index in [1.54, 1.807) is 26.0 Å². The number of benzene rings is 2. The lowest BCUT2D eigenvalue weighted by molar-refractivity contribution is -0.144. The maximum absolute atomic E-state index is 12.8. The zero-order valence-electron chi connectivity index (χ0n) is 22.1. The zero-order valence-corrected chi connectivity index (χ0v) is 23.9. The minimum Gasteiger partial charge on any atom is -0.493 e. The Morgan fingerprint density at radius 1 is 0.889 bits per heavy atom. The maximum atomic E-state index is 12.8. The van der Waals surface area contributed by atoms with E-state index in [9.17, 15) is 4.79 Å². The van der Waals surface area contributed by atoms with Gasteiger partial charge in [-0.3, -0.25) is 4.79 Å². The summed E-state index contributed by atoms with van der Waals surface area (Å²) in [5, 5.41) is -0.101. The van der Waals surface area contributed by atoms with Crippen LogP contribution in [0.2, 0.25) is 6.04 Å². The lowest BCUT2D eigenvalue weighted by atomic mass is 10.1. The summed E-state index contributed by atoms with van der Waals surface area (Å²) < 4.78 is 34.4. The Bertz CT molecular complexity index is 880. The van der Waals surface area contributed by atoms with Crippen molar-refractivity contribution >= 4 is 26.5 Å². The summed E-state index contributed by atoms with van der Waals surface area (Å²) in [6.45, 7) is 7.81. The second-order valence-electron chi connectivity index (χ2n) is 7.91. The molecule has 0 aromatic heterocycles. The van der Waals surface area contributed by atoms with Gasteiger partial charge in [-0.1, -0.05) is 36.4 Å². The number of rotatable bonds is 18. The lowest BCUT2D eigenvalue weighted by Crippen LogP contribution is -2.46. The van der Waals surface area contributed by atoms with Gasteiger partial charge in [0, 0.05) is 31.1 Å². The highest BCUT2D eigenvalue weighted by Crippen LogP contribution is 2.38. The number of methoxy groups -OCH3 is 2. The molecule has 36 heavy (non-hydrogen) atoms. The maximum Gasteiger partial charge on any atom is 0.500 e. The van der Waals surface area contributed by atoms with Gasteiger partial charge in [0.15, 0.2) is 11.5 Å². The second-order valence-corrected chi connectivity index (χ2v) is 12.0. The average molecular weight is 537 g/mol. The van der Waals surface area contributed by atoms with E-state index < -0.39 is 8.80 Å². The highest BCUT2D eigenvalue weighted by Gasteiger charge is 2.39. The molecule has 2 aromatic carbocycles. The van der Waals surface area contributed by atoms with Crippen LogP contribution in [0.4, 0.5) is 0 Å². The minimum atomic E-state index is -2.70. The first kappa shape index (κ1) is 30.2. The zero-order chi connectivity index (χ0) is 26.2. The van der Waals surface area contributed by atoms with Gasteiger partial charge in [-0.15, -0.1) is 0 Å². The fourth-order valence-electron chi connectivity index (χ4n) is 3.79. The first-order valence-corrected chi connectivity index (χ1v) is 15.4. The van der Waals surface area contributed by atoms with Crippen molar-refractivity contribution in [3.63, 3.8) is 0 Å². The molecule has 2 rings (SSSR count). The molecule has 0 aliphatic rings. The van der Waals surface area contributed by atoms with E-state index in [1.807, 2.05) is 69.3 Å². The summed E-state index contributed by atoms with van der Waals surface area (Å²) >= 11 is 1.71. The molecule has 200 valence electrons. The number of ether oxygens (including phenoxy) is 3. The van der Waals surface area contributed by atoms with Gasteiger partial charge in [-0.25, -0.2) is 0 Å². The first-order chi connectivity index (χ1) is 17.5. The largest absolute Gasteiger partial charge is 0.500 e. The Morgan fingerprint density at radius 3 is 2.11 bits per heavy atom. The normalized spacial score (nSPS) is 12.2. The number of hydrogen-bond donors (Lipinski definition) is 0. The Hall–Kier alpha value is -2.04. The van der Waals surface area contributed by atoms with E-state index in [0.29, 0.717) is 31.3 Å². The molecular weight excluding hydrogens is 496 g/mol. The smallest absolute Gasteiger partial charge is 0.493 e. The van der Waals surface area contributed by atoms with Gasteiger partial charge in [-0.05, 0) is 56.2 Å². The molecule has 9 heteroatoms. The van der Waals surface area contributed by atoms with Gasteiger partial charge in [0.05, 0.1) is 20.6 Å². The SMILES string of the molecule is CCO[Si](CCCSC(CC(=O)OCc1ccccc1)c1ccc(OC)c(OC)c1)(OCC)OCC. The molecule has 0 fully saturated rings. The summed E-state index contributed by atoms with van der Waals surface area (Å²) in [5.74, 6) is 1.85. The van der Waals surface area contributed by atoms with Crippen LogP contribution < -0.4 is 9.47 Å². The van der Waals surface area contributed by atoms with Crippen molar-refractivity contribution in [2.45, 2.75) is 51.5 Å². The van der Waals surface area contributed by atoms with Gasteiger partial charge >= 0.3 is 14.8 Å². The number of thioether (sulfide) groups is 1. The molecule has 7 nitrogen and oxygen atoms in total. The molecule has 0 aliphatic carbocycles. The van der Waals surface area contributed by atoms with Crippen molar-refractivity contribution in [3.05, 3.63) is 59.7 Å². The molecule has 0 aliphatic heterocycles. The summed E-state index contributed by atoms with van der Waals surface area (Å²) in [5.41, 5.74) is 1.95. The quantitative estimate of drug-likeness (QED) is 0.130. The minimum absolute atomic E-state index is 0.101. The van der Waals surface area contributed by atoms with E-state index >= 15 is 0 Å². The number of carbonyl (C=O) groups is 1. The van der Waals surface area contributed by atoms with Crippen molar-refractivity contribution < 1.29 is 32.3 Å². The van der Waals surface area contributed by atoms with Crippen molar-refractivity contribution in [1.29, 1.82) is 0 Å². The number of esters is 1. The third-order valence-electron chi connectivity index (χ3n) is 5.41. The van der Waals surface area contributed by atoms with Crippen LogP contribution in [-0.2, 0) is 29.4 Å². The Labute approximate surface area is 221 Å². The average Bonchev–Trinajstić information content (AvgIpc) is 2.90. The molecular formula is C27H40O7SSi. The third kappa shape index (κ3) is 9.78. The first-order valence-electron chi connectivity index (χ1n) is 12.5. The number of carbonyl (C=O) groups excluding carboxylic acids is 1. The topological polar surface area (TPSA) is 72.5 Å². The predicted molar refractivity (Wildman–Crippen MR) is 146 cm³/mol. The fraction of sp³-hybridized carbons (Fsp3) is 0.519. The van der Waals surface area contributed by atoms with E-state index in [2.05, 4.69) is 0 Å². The molecule has 0 radical (unpaired) electrons. The van der Waals surface area contributed by atoms with Crippen LogP contribution in [0.15, 0.2) is 48.5 Å². The van der Waals surface area contributed by atoms with Crippen LogP contribution in [0.1, 0.15) is 50.0 Å².